The fourth-order valence-corrected chi connectivity index (χ4v) is 2.62. The van der Waals surface area contributed by atoms with E-state index in [0.717, 1.165) is 17.0 Å². The molecule has 0 aliphatic heterocycles. The van der Waals surface area contributed by atoms with Gasteiger partial charge in [0.1, 0.15) is 17.8 Å². The number of ether oxygens (including phenoxy) is 1. The second-order valence-electron chi connectivity index (χ2n) is 6.20. The van der Waals surface area contributed by atoms with Gasteiger partial charge in [0.05, 0.1) is 31.4 Å². The molecule has 0 saturated carbocycles. The van der Waals surface area contributed by atoms with Gasteiger partial charge in [0.25, 0.3) is 0 Å². The van der Waals surface area contributed by atoms with Gasteiger partial charge in [-0.3, -0.25) is 4.79 Å². The molecule has 8 nitrogen and oxygen atoms in total. The van der Waals surface area contributed by atoms with Crippen LogP contribution < -0.4 is 15.0 Å². The molecule has 1 aromatic carbocycles. The second-order valence-corrected chi connectivity index (χ2v) is 6.20. The number of anilines is 2. The monoisotopic (exact) mass is 366 g/mol. The van der Waals surface area contributed by atoms with Crippen molar-refractivity contribution in [3.63, 3.8) is 0 Å². The number of aromatic nitrogens is 4. The van der Waals surface area contributed by atoms with Crippen molar-refractivity contribution in [2.45, 2.75) is 12.8 Å². The first-order valence-electron chi connectivity index (χ1n) is 8.52. The lowest BCUT2D eigenvalue weighted by atomic mass is 10.1. The SMILES string of the molecule is COc1cccc(CCC(=O)Nc2cnn(-c3ncncc3N(C)C)c2)c1. The lowest BCUT2D eigenvalue weighted by Gasteiger charge is -2.14. The molecule has 27 heavy (non-hydrogen) atoms. The highest BCUT2D eigenvalue weighted by Gasteiger charge is 2.11. The van der Waals surface area contributed by atoms with Crippen LogP contribution >= 0.6 is 0 Å². The summed E-state index contributed by atoms with van der Waals surface area (Å²) in [5.41, 5.74) is 2.50. The lowest BCUT2D eigenvalue weighted by Crippen LogP contribution is -2.14. The Morgan fingerprint density at radius 2 is 2.15 bits per heavy atom. The third-order valence-corrected chi connectivity index (χ3v) is 4.01. The van der Waals surface area contributed by atoms with E-state index in [9.17, 15) is 4.79 Å². The summed E-state index contributed by atoms with van der Waals surface area (Å²) in [5.74, 6) is 1.36. The molecule has 0 atom stereocenters. The van der Waals surface area contributed by atoms with Gasteiger partial charge in [-0.1, -0.05) is 12.1 Å². The molecule has 2 heterocycles. The maximum atomic E-state index is 12.2. The van der Waals surface area contributed by atoms with E-state index >= 15 is 0 Å². The third kappa shape index (κ3) is 4.60. The van der Waals surface area contributed by atoms with Gasteiger partial charge in [0, 0.05) is 20.5 Å². The van der Waals surface area contributed by atoms with Crippen molar-refractivity contribution in [3.05, 3.63) is 54.7 Å². The van der Waals surface area contributed by atoms with Gasteiger partial charge in [0.2, 0.25) is 5.91 Å². The molecule has 3 rings (SSSR count). The highest BCUT2D eigenvalue weighted by atomic mass is 16.5. The molecular formula is C19H22N6O2. The quantitative estimate of drug-likeness (QED) is 0.691. The summed E-state index contributed by atoms with van der Waals surface area (Å²) in [6.45, 7) is 0. The van der Waals surface area contributed by atoms with Crippen LogP contribution in [0.25, 0.3) is 5.82 Å². The van der Waals surface area contributed by atoms with E-state index in [-0.39, 0.29) is 5.91 Å². The van der Waals surface area contributed by atoms with E-state index in [0.29, 0.717) is 24.3 Å². The van der Waals surface area contributed by atoms with Gasteiger partial charge in [-0.2, -0.15) is 5.10 Å². The first-order chi connectivity index (χ1) is 13.1. The molecule has 8 heteroatoms. The van der Waals surface area contributed by atoms with Gasteiger partial charge >= 0.3 is 0 Å². The summed E-state index contributed by atoms with van der Waals surface area (Å²) in [7, 11) is 5.45. The number of amides is 1. The van der Waals surface area contributed by atoms with Crippen molar-refractivity contribution in [2.75, 3.05) is 31.4 Å². The Kier molecular flexibility index (Phi) is 5.65. The second kappa shape index (κ2) is 8.31. The van der Waals surface area contributed by atoms with Gasteiger partial charge in [-0.15, -0.1) is 0 Å². The summed E-state index contributed by atoms with van der Waals surface area (Å²) >= 11 is 0. The fourth-order valence-electron chi connectivity index (χ4n) is 2.62. The minimum Gasteiger partial charge on any atom is -0.497 e. The number of rotatable bonds is 7. The third-order valence-electron chi connectivity index (χ3n) is 4.01. The Hall–Kier alpha value is -3.42. The van der Waals surface area contributed by atoms with E-state index in [1.165, 1.54) is 6.33 Å². The smallest absolute Gasteiger partial charge is 0.224 e. The molecule has 1 amide bonds. The van der Waals surface area contributed by atoms with Crippen molar-refractivity contribution in [2.24, 2.45) is 0 Å². The first kappa shape index (κ1) is 18.4. The Morgan fingerprint density at radius 3 is 2.93 bits per heavy atom. The zero-order chi connectivity index (χ0) is 19.2. The Morgan fingerprint density at radius 1 is 1.30 bits per heavy atom. The highest BCUT2D eigenvalue weighted by molar-refractivity contribution is 5.90. The van der Waals surface area contributed by atoms with E-state index in [2.05, 4.69) is 20.4 Å². The van der Waals surface area contributed by atoms with Crippen molar-refractivity contribution >= 4 is 17.3 Å². The molecule has 0 aliphatic carbocycles. The van der Waals surface area contributed by atoms with E-state index in [1.807, 2.05) is 43.3 Å². The molecule has 0 spiro atoms. The van der Waals surface area contributed by atoms with Crippen LogP contribution in [0.1, 0.15) is 12.0 Å². The van der Waals surface area contributed by atoms with Crippen LogP contribution in [-0.4, -0.2) is 46.9 Å². The van der Waals surface area contributed by atoms with Crippen LogP contribution in [0.5, 0.6) is 5.75 Å². The van der Waals surface area contributed by atoms with Crippen LogP contribution in [0, 0.1) is 0 Å². The summed E-state index contributed by atoms with van der Waals surface area (Å²) in [5, 5.41) is 7.16. The van der Waals surface area contributed by atoms with Crippen molar-refractivity contribution in [1.82, 2.24) is 19.7 Å². The molecule has 0 radical (unpaired) electrons. The van der Waals surface area contributed by atoms with Crippen LogP contribution in [0.2, 0.25) is 0 Å². The number of hydrogen-bond acceptors (Lipinski definition) is 6. The predicted octanol–water partition coefficient (Wildman–Crippen LogP) is 2.31. The topological polar surface area (TPSA) is 85.2 Å². The number of nitrogens with zero attached hydrogens (tertiary/aromatic N) is 5. The molecule has 0 unspecified atom stereocenters. The molecule has 3 aromatic rings. The molecular weight excluding hydrogens is 344 g/mol. The first-order valence-corrected chi connectivity index (χ1v) is 8.52. The molecule has 0 bridgehead atoms. The van der Waals surface area contributed by atoms with Gasteiger partial charge in [-0.25, -0.2) is 14.6 Å². The van der Waals surface area contributed by atoms with Crippen LogP contribution in [0.15, 0.2) is 49.2 Å². The number of aryl methyl sites for hydroxylation is 1. The highest BCUT2D eigenvalue weighted by Crippen LogP contribution is 2.20. The normalized spacial score (nSPS) is 10.5. The van der Waals surface area contributed by atoms with Gasteiger partial charge in [0.15, 0.2) is 5.82 Å². The molecule has 1 N–H and O–H groups in total. The van der Waals surface area contributed by atoms with Gasteiger partial charge < -0.3 is 15.0 Å². The minimum atomic E-state index is -0.0760. The maximum Gasteiger partial charge on any atom is 0.224 e. The summed E-state index contributed by atoms with van der Waals surface area (Å²) < 4.78 is 6.82. The molecule has 140 valence electrons. The number of methoxy groups -OCH3 is 1. The van der Waals surface area contributed by atoms with E-state index < -0.39 is 0 Å². The van der Waals surface area contributed by atoms with Crippen molar-refractivity contribution in [1.29, 1.82) is 0 Å². The molecule has 2 aromatic heterocycles. The summed E-state index contributed by atoms with van der Waals surface area (Å²) in [4.78, 5) is 22.5. The Labute approximate surface area is 157 Å². The number of nitrogens with one attached hydrogen (secondary N) is 1. The fraction of sp³-hybridized carbons (Fsp3) is 0.263. The van der Waals surface area contributed by atoms with Crippen molar-refractivity contribution in [3.8, 4) is 11.6 Å². The minimum absolute atomic E-state index is 0.0760. The number of hydrogen-bond donors (Lipinski definition) is 1. The van der Waals surface area contributed by atoms with Crippen LogP contribution in [0.4, 0.5) is 11.4 Å². The van der Waals surface area contributed by atoms with Crippen LogP contribution in [-0.2, 0) is 11.2 Å². The number of carbonyl (C=O) groups excluding carboxylic acids is 1. The predicted molar refractivity (Wildman–Crippen MR) is 103 cm³/mol. The van der Waals surface area contributed by atoms with Gasteiger partial charge in [-0.05, 0) is 24.1 Å². The van der Waals surface area contributed by atoms with Crippen molar-refractivity contribution < 1.29 is 9.53 Å². The Balaban J connectivity index is 1.63. The largest absolute Gasteiger partial charge is 0.497 e. The standard InChI is InChI=1S/C19H22N6O2/c1-24(2)17-11-20-13-21-19(17)25-12-15(10-22-25)23-18(26)8-7-14-5-4-6-16(9-14)27-3/h4-6,9-13H,7-8H2,1-3H3,(H,23,26). The summed E-state index contributed by atoms with van der Waals surface area (Å²) in [6, 6.07) is 7.71. The molecule has 0 saturated heterocycles. The summed E-state index contributed by atoms with van der Waals surface area (Å²) in [6.07, 6.45) is 7.53. The zero-order valence-electron chi connectivity index (χ0n) is 15.6. The van der Waals surface area contributed by atoms with Crippen LogP contribution in [0.3, 0.4) is 0 Å². The zero-order valence-corrected chi connectivity index (χ0v) is 15.6. The lowest BCUT2D eigenvalue weighted by molar-refractivity contribution is -0.116. The Bertz CT molecular complexity index is 922. The number of carbonyl (C=O) groups is 1. The van der Waals surface area contributed by atoms with E-state index in [4.69, 9.17) is 4.74 Å². The molecule has 0 aliphatic rings. The average molecular weight is 366 g/mol. The number of benzene rings is 1. The van der Waals surface area contributed by atoms with E-state index in [1.54, 1.807) is 30.4 Å². The average Bonchev–Trinajstić information content (AvgIpc) is 3.14. The molecule has 0 fully saturated rings. The maximum absolute atomic E-state index is 12.2.